The number of amides is 2. The van der Waals surface area contributed by atoms with Gasteiger partial charge >= 0.3 is 0 Å². The van der Waals surface area contributed by atoms with E-state index in [9.17, 15) is 22.4 Å². The van der Waals surface area contributed by atoms with E-state index in [1.807, 2.05) is 43.5 Å². The van der Waals surface area contributed by atoms with Crippen molar-refractivity contribution in [2.24, 2.45) is 0 Å². The van der Waals surface area contributed by atoms with Crippen molar-refractivity contribution in [1.29, 1.82) is 0 Å². The lowest BCUT2D eigenvalue weighted by atomic mass is 10.0. The fourth-order valence-electron chi connectivity index (χ4n) is 5.82. The number of sulfonamides is 1. The second-order valence-corrected chi connectivity index (χ2v) is 14.6. The summed E-state index contributed by atoms with van der Waals surface area (Å²) in [6.07, 6.45) is 5.90. The molecule has 1 saturated carbocycles. The molecule has 0 spiro atoms. The molecular formula is C37H40FN3O4S2. The van der Waals surface area contributed by atoms with Crippen LogP contribution in [0.5, 0.6) is 0 Å². The highest BCUT2D eigenvalue weighted by Crippen LogP contribution is 2.27. The van der Waals surface area contributed by atoms with Gasteiger partial charge in [-0.05, 0) is 85.7 Å². The van der Waals surface area contributed by atoms with Gasteiger partial charge in [0.2, 0.25) is 11.8 Å². The van der Waals surface area contributed by atoms with Crippen molar-refractivity contribution in [2.45, 2.75) is 67.4 Å². The lowest BCUT2D eigenvalue weighted by Gasteiger charge is -2.34. The topological polar surface area (TPSA) is 86.8 Å². The summed E-state index contributed by atoms with van der Waals surface area (Å²) < 4.78 is 43.4. The molecule has 4 aromatic carbocycles. The number of hydrogen-bond acceptors (Lipinski definition) is 5. The van der Waals surface area contributed by atoms with Crippen LogP contribution in [0.2, 0.25) is 0 Å². The van der Waals surface area contributed by atoms with Crippen molar-refractivity contribution in [1.82, 2.24) is 10.2 Å². The van der Waals surface area contributed by atoms with Crippen molar-refractivity contribution < 1.29 is 22.4 Å². The largest absolute Gasteiger partial charge is 0.352 e. The van der Waals surface area contributed by atoms with E-state index in [1.54, 1.807) is 48.5 Å². The molecule has 1 aliphatic carbocycles. The number of rotatable bonds is 13. The maximum Gasteiger partial charge on any atom is 0.264 e. The van der Waals surface area contributed by atoms with Gasteiger partial charge in [0.05, 0.1) is 10.6 Å². The van der Waals surface area contributed by atoms with Gasteiger partial charge in [-0.3, -0.25) is 13.9 Å². The van der Waals surface area contributed by atoms with Crippen LogP contribution in [0.15, 0.2) is 113 Å². The molecule has 2 amide bonds. The van der Waals surface area contributed by atoms with Crippen molar-refractivity contribution in [3.63, 3.8) is 0 Å². The third-order valence-corrected chi connectivity index (χ3v) is 11.0. The fourth-order valence-corrected chi connectivity index (χ4v) is 7.65. The maximum atomic E-state index is 14.6. The molecule has 4 aromatic rings. The monoisotopic (exact) mass is 673 g/mol. The number of thioether (sulfide) groups is 1. The highest BCUT2D eigenvalue weighted by Gasteiger charge is 2.35. The molecule has 0 aromatic heterocycles. The zero-order chi connectivity index (χ0) is 33.4. The van der Waals surface area contributed by atoms with Crippen molar-refractivity contribution in [2.75, 3.05) is 17.1 Å². The van der Waals surface area contributed by atoms with Gasteiger partial charge in [-0.1, -0.05) is 73.0 Å². The zero-order valence-corrected chi connectivity index (χ0v) is 28.3. The summed E-state index contributed by atoms with van der Waals surface area (Å²) >= 11 is 1.50. The lowest BCUT2D eigenvalue weighted by molar-refractivity contribution is -0.140. The van der Waals surface area contributed by atoms with Crippen LogP contribution < -0.4 is 9.62 Å². The molecule has 0 aliphatic heterocycles. The Morgan fingerprint density at radius 3 is 2.13 bits per heavy atom. The summed E-state index contributed by atoms with van der Waals surface area (Å²) in [6, 6.07) is 27.8. The smallest absolute Gasteiger partial charge is 0.264 e. The third kappa shape index (κ3) is 8.81. The minimum atomic E-state index is -4.20. The van der Waals surface area contributed by atoms with Gasteiger partial charge in [0.1, 0.15) is 18.4 Å². The van der Waals surface area contributed by atoms with E-state index in [0.29, 0.717) is 11.3 Å². The minimum Gasteiger partial charge on any atom is -0.352 e. The average molecular weight is 674 g/mol. The summed E-state index contributed by atoms with van der Waals surface area (Å²) in [5.41, 5.74) is 2.73. The van der Waals surface area contributed by atoms with Gasteiger partial charge in [-0.2, -0.15) is 0 Å². The first kappa shape index (κ1) is 34.2. The Bertz CT molecular complexity index is 1740. The fraction of sp³-hybridized carbons (Fsp3) is 0.297. The van der Waals surface area contributed by atoms with Crippen LogP contribution in [0.25, 0.3) is 0 Å². The van der Waals surface area contributed by atoms with Crippen molar-refractivity contribution in [3.05, 3.63) is 126 Å². The van der Waals surface area contributed by atoms with Crippen LogP contribution in [-0.2, 0) is 32.6 Å². The number of halogens is 1. The molecule has 0 unspecified atom stereocenters. The number of benzene rings is 4. The molecule has 47 heavy (non-hydrogen) atoms. The number of aryl methyl sites for hydroxylation is 1. The lowest BCUT2D eigenvalue weighted by Crippen LogP contribution is -2.54. The summed E-state index contributed by atoms with van der Waals surface area (Å²) in [5, 5.41) is 3.16. The van der Waals surface area contributed by atoms with E-state index in [1.165, 1.54) is 40.9 Å². The molecule has 246 valence electrons. The Morgan fingerprint density at radius 2 is 1.51 bits per heavy atom. The predicted molar refractivity (Wildman–Crippen MR) is 185 cm³/mol. The summed E-state index contributed by atoms with van der Waals surface area (Å²) in [6.45, 7) is 1.34. The second-order valence-electron chi connectivity index (χ2n) is 11.9. The number of carbonyl (C=O) groups is 2. The molecule has 5 rings (SSSR count). The first-order valence-corrected chi connectivity index (χ1v) is 18.4. The highest BCUT2D eigenvalue weighted by atomic mass is 32.2. The third-order valence-electron chi connectivity index (χ3n) is 8.49. The first-order chi connectivity index (χ1) is 22.6. The Morgan fingerprint density at radius 1 is 0.872 bits per heavy atom. The predicted octanol–water partition coefficient (Wildman–Crippen LogP) is 6.75. The van der Waals surface area contributed by atoms with E-state index >= 15 is 0 Å². The van der Waals surface area contributed by atoms with Gasteiger partial charge in [0, 0.05) is 23.9 Å². The Labute approximate surface area is 281 Å². The highest BCUT2D eigenvalue weighted by molar-refractivity contribution is 7.98. The summed E-state index contributed by atoms with van der Waals surface area (Å²) in [5.74, 6) is -1.27. The van der Waals surface area contributed by atoms with Crippen LogP contribution in [-0.4, -0.2) is 50.0 Å². The number of nitrogens with one attached hydrogen (secondary N) is 1. The number of nitrogens with zero attached hydrogens (tertiary/aromatic N) is 2. The molecule has 10 heteroatoms. The van der Waals surface area contributed by atoms with E-state index in [-0.39, 0.29) is 29.8 Å². The molecule has 1 N–H and O–H groups in total. The number of carbonyl (C=O) groups excluding carboxylic acids is 2. The normalized spacial score (nSPS) is 14.0. The Kier molecular flexibility index (Phi) is 11.4. The molecule has 7 nitrogen and oxygen atoms in total. The molecular weight excluding hydrogens is 634 g/mol. The Hall–Kier alpha value is -4.15. The van der Waals surface area contributed by atoms with E-state index in [4.69, 9.17) is 0 Å². The minimum absolute atomic E-state index is 0.0113. The quantitative estimate of drug-likeness (QED) is 0.159. The van der Waals surface area contributed by atoms with Gasteiger partial charge in [0.15, 0.2) is 0 Å². The standard InChI is InChI=1S/C37H40FN3O4S2/c1-27-12-18-32(19-13-27)41(47(44,45)34-22-20-33(46-2)21-23-34)26-36(42)40(25-29-14-16-30(38)17-15-29)35(24-28-8-4-3-5-9-28)37(43)39-31-10-6-7-11-31/h3-5,8-9,12-23,31,35H,6-7,10-11,24-26H2,1-2H3,(H,39,43)/t35-/m1/s1. The number of anilines is 1. The van der Waals surface area contributed by atoms with E-state index in [2.05, 4.69) is 5.32 Å². The van der Waals surface area contributed by atoms with Crippen LogP contribution in [0, 0.1) is 12.7 Å². The van der Waals surface area contributed by atoms with Crippen molar-refractivity contribution >= 4 is 39.3 Å². The van der Waals surface area contributed by atoms with Gasteiger partial charge in [-0.25, -0.2) is 12.8 Å². The van der Waals surface area contributed by atoms with Gasteiger partial charge in [0.25, 0.3) is 10.0 Å². The number of hydrogen-bond donors (Lipinski definition) is 1. The van der Waals surface area contributed by atoms with E-state index < -0.39 is 34.3 Å². The summed E-state index contributed by atoms with van der Waals surface area (Å²) in [4.78, 5) is 31.0. The van der Waals surface area contributed by atoms with E-state index in [0.717, 1.165) is 46.0 Å². The first-order valence-electron chi connectivity index (χ1n) is 15.8. The average Bonchev–Trinajstić information content (AvgIpc) is 3.60. The molecule has 1 fully saturated rings. The Balaban J connectivity index is 1.55. The molecule has 0 heterocycles. The second kappa shape index (κ2) is 15.6. The summed E-state index contributed by atoms with van der Waals surface area (Å²) in [7, 11) is -4.20. The molecule has 0 saturated heterocycles. The molecule has 0 bridgehead atoms. The molecule has 1 atom stereocenters. The van der Waals surface area contributed by atoms with Crippen molar-refractivity contribution in [3.8, 4) is 0 Å². The SMILES string of the molecule is CSc1ccc(S(=O)(=O)N(CC(=O)N(Cc2ccc(F)cc2)[C@H](Cc2ccccc2)C(=O)NC2CCCC2)c2ccc(C)cc2)cc1. The van der Waals surface area contributed by atoms with Crippen LogP contribution in [0.4, 0.5) is 10.1 Å². The van der Waals surface area contributed by atoms with Crippen LogP contribution in [0.1, 0.15) is 42.4 Å². The van der Waals surface area contributed by atoms with Crippen LogP contribution >= 0.6 is 11.8 Å². The zero-order valence-electron chi connectivity index (χ0n) is 26.6. The van der Waals surface area contributed by atoms with Gasteiger partial charge < -0.3 is 10.2 Å². The maximum absolute atomic E-state index is 14.6. The van der Waals surface area contributed by atoms with Crippen LogP contribution in [0.3, 0.4) is 0 Å². The molecule has 0 radical (unpaired) electrons. The molecule has 1 aliphatic rings. The van der Waals surface area contributed by atoms with Gasteiger partial charge in [-0.15, -0.1) is 11.8 Å².